The molecule has 4 aliphatic rings. The van der Waals surface area contributed by atoms with Crippen molar-refractivity contribution >= 4 is 35.1 Å². The minimum Gasteiger partial charge on any atom is -0.426 e. The summed E-state index contributed by atoms with van der Waals surface area (Å²) < 4.78 is 11.6. The fourth-order valence-corrected chi connectivity index (χ4v) is 7.64. The molecule has 0 aliphatic carbocycles. The molecule has 232 valence electrons. The largest absolute Gasteiger partial charge is 0.426 e. The zero-order valence-electron chi connectivity index (χ0n) is 25.8. The lowest BCUT2D eigenvalue weighted by atomic mass is 9.80. The monoisotopic (exact) mass is 606 g/mol. The fourth-order valence-electron chi connectivity index (χ4n) is 7.64. The van der Waals surface area contributed by atoms with Crippen molar-refractivity contribution < 1.29 is 28.7 Å². The van der Waals surface area contributed by atoms with Gasteiger partial charge in [0.2, 0.25) is 11.8 Å². The second-order valence-electron chi connectivity index (χ2n) is 12.5. The van der Waals surface area contributed by atoms with Crippen molar-refractivity contribution in [2.75, 3.05) is 22.9 Å². The van der Waals surface area contributed by atoms with E-state index < -0.39 is 35.6 Å². The van der Waals surface area contributed by atoms with Crippen LogP contribution in [0.3, 0.4) is 0 Å². The van der Waals surface area contributed by atoms with Gasteiger partial charge in [-0.1, -0.05) is 82.3 Å². The smallest absolute Gasteiger partial charge is 0.320 e. The highest BCUT2D eigenvalue weighted by Gasteiger charge is 2.53. The van der Waals surface area contributed by atoms with Crippen LogP contribution >= 0.6 is 0 Å². The Morgan fingerprint density at radius 3 is 1.42 bits per heavy atom. The van der Waals surface area contributed by atoms with Gasteiger partial charge < -0.3 is 19.3 Å². The summed E-state index contributed by atoms with van der Waals surface area (Å²) in [6.07, 6.45) is 7.05. The Hall–Kier alpha value is -4.46. The molecule has 0 spiro atoms. The lowest BCUT2D eigenvalue weighted by Gasteiger charge is -2.20. The second kappa shape index (κ2) is 11.8. The summed E-state index contributed by atoms with van der Waals surface area (Å²) in [7, 11) is 0. The Kier molecular flexibility index (Phi) is 7.68. The number of fused-ring (bicyclic) bond motifs is 4. The first-order chi connectivity index (χ1) is 21.9. The standard InChI is InChI=1S/C37H38N2O6/c1-3-5-7-13-19-39-27-17-11-9-15-23(27)31(35(39)41)33-25-21-28-24(20-29(25)45-37(33)43)32(36(42)44-28)30-22-14-8-10-16-26(22)38(34(30)40)18-12-6-4-2/h8-11,14-17,20-21,30-33H,3-7,12-13,18-19H2,1-2H3. The van der Waals surface area contributed by atoms with Crippen LogP contribution in [0.5, 0.6) is 11.5 Å². The Bertz CT molecular complexity index is 1700. The zero-order chi connectivity index (χ0) is 31.2. The van der Waals surface area contributed by atoms with Crippen molar-refractivity contribution in [2.45, 2.75) is 82.5 Å². The number of nitrogens with zero attached hydrogens (tertiary/aromatic N) is 2. The first-order valence-corrected chi connectivity index (χ1v) is 16.4. The van der Waals surface area contributed by atoms with E-state index in [0.29, 0.717) is 35.7 Å². The molecule has 0 aromatic heterocycles. The van der Waals surface area contributed by atoms with Gasteiger partial charge in [-0.05, 0) is 48.2 Å². The highest BCUT2D eigenvalue weighted by atomic mass is 16.5. The molecule has 7 rings (SSSR count). The number of unbranched alkanes of at least 4 members (excludes halogenated alkanes) is 5. The van der Waals surface area contributed by atoms with Crippen LogP contribution in [-0.2, 0) is 19.2 Å². The number of carbonyl (C=O) groups excluding carboxylic acids is 4. The van der Waals surface area contributed by atoms with E-state index in [9.17, 15) is 19.2 Å². The molecule has 8 heteroatoms. The highest BCUT2D eigenvalue weighted by molar-refractivity contribution is 6.10. The molecule has 4 atom stereocenters. The first kappa shape index (κ1) is 29.3. The van der Waals surface area contributed by atoms with E-state index in [1.807, 2.05) is 48.5 Å². The van der Waals surface area contributed by atoms with Gasteiger partial charge in [-0.3, -0.25) is 19.2 Å². The van der Waals surface area contributed by atoms with Crippen LogP contribution in [0.15, 0.2) is 60.7 Å². The summed E-state index contributed by atoms with van der Waals surface area (Å²) in [6, 6.07) is 18.6. The van der Waals surface area contributed by atoms with Crippen LogP contribution in [0, 0.1) is 0 Å². The molecular weight excluding hydrogens is 568 g/mol. The number of rotatable bonds is 11. The van der Waals surface area contributed by atoms with Gasteiger partial charge in [0.1, 0.15) is 23.3 Å². The second-order valence-corrected chi connectivity index (χ2v) is 12.5. The summed E-state index contributed by atoms with van der Waals surface area (Å²) in [6.45, 7) is 5.46. The molecule has 3 aromatic rings. The normalized spacial score (nSPS) is 22.8. The summed E-state index contributed by atoms with van der Waals surface area (Å²) in [5.74, 6) is -3.78. The minimum atomic E-state index is -0.861. The van der Waals surface area contributed by atoms with E-state index >= 15 is 0 Å². The summed E-state index contributed by atoms with van der Waals surface area (Å²) in [5, 5.41) is 0. The zero-order valence-corrected chi connectivity index (χ0v) is 25.8. The number of amides is 2. The average Bonchev–Trinajstić information content (AvgIpc) is 3.70. The van der Waals surface area contributed by atoms with Gasteiger partial charge >= 0.3 is 11.9 Å². The van der Waals surface area contributed by atoms with Crippen molar-refractivity contribution in [3.8, 4) is 11.5 Å². The predicted octanol–water partition coefficient (Wildman–Crippen LogP) is 6.72. The van der Waals surface area contributed by atoms with Crippen LogP contribution in [0.25, 0.3) is 0 Å². The number of ether oxygens (including phenoxy) is 2. The number of carbonyl (C=O) groups is 4. The molecule has 45 heavy (non-hydrogen) atoms. The predicted molar refractivity (Wildman–Crippen MR) is 170 cm³/mol. The average molecular weight is 607 g/mol. The quantitative estimate of drug-likeness (QED) is 0.137. The van der Waals surface area contributed by atoms with E-state index in [4.69, 9.17) is 9.47 Å². The van der Waals surface area contributed by atoms with E-state index in [0.717, 1.165) is 67.4 Å². The lowest BCUT2D eigenvalue weighted by Crippen LogP contribution is -2.33. The molecule has 2 amide bonds. The van der Waals surface area contributed by atoms with E-state index in [1.54, 1.807) is 21.9 Å². The van der Waals surface area contributed by atoms with Crippen LogP contribution in [-0.4, -0.2) is 36.8 Å². The van der Waals surface area contributed by atoms with Crippen molar-refractivity contribution in [1.82, 2.24) is 0 Å². The maximum atomic E-state index is 13.9. The SMILES string of the molecule is CCCCCCN1C(=O)C(C2C(=O)Oc3cc4c(cc32)OC(=O)C4C2C(=O)N(CCCCC)c3ccccc32)c2ccccc21. The topological polar surface area (TPSA) is 93.2 Å². The maximum absolute atomic E-state index is 13.9. The first-order valence-electron chi connectivity index (χ1n) is 16.4. The summed E-state index contributed by atoms with van der Waals surface area (Å²) >= 11 is 0. The van der Waals surface area contributed by atoms with Gasteiger partial charge in [-0.15, -0.1) is 0 Å². The molecule has 8 nitrogen and oxygen atoms in total. The summed E-state index contributed by atoms with van der Waals surface area (Å²) in [4.78, 5) is 58.5. The van der Waals surface area contributed by atoms with Crippen LogP contribution in [0.4, 0.5) is 11.4 Å². The van der Waals surface area contributed by atoms with Crippen LogP contribution < -0.4 is 19.3 Å². The maximum Gasteiger partial charge on any atom is 0.320 e. The minimum absolute atomic E-state index is 0.116. The summed E-state index contributed by atoms with van der Waals surface area (Å²) in [5.41, 5.74) is 4.34. The van der Waals surface area contributed by atoms with E-state index in [1.165, 1.54) is 0 Å². The van der Waals surface area contributed by atoms with Gasteiger partial charge in [-0.2, -0.15) is 0 Å². The number of hydrogen-bond donors (Lipinski definition) is 0. The van der Waals surface area contributed by atoms with Gasteiger partial charge in [-0.25, -0.2) is 0 Å². The van der Waals surface area contributed by atoms with Crippen molar-refractivity contribution in [1.29, 1.82) is 0 Å². The molecule has 0 bridgehead atoms. The molecule has 0 N–H and O–H groups in total. The highest BCUT2D eigenvalue weighted by Crippen LogP contribution is 2.55. The number of anilines is 2. The van der Waals surface area contributed by atoms with Crippen LogP contribution in [0.2, 0.25) is 0 Å². The Labute approximate surface area is 263 Å². The Morgan fingerprint density at radius 2 is 0.956 bits per heavy atom. The molecule has 3 aromatic carbocycles. The Morgan fingerprint density at radius 1 is 0.533 bits per heavy atom. The molecule has 4 aliphatic heterocycles. The molecular formula is C37H38N2O6. The third-order valence-corrected chi connectivity index (χ3v) is 9.82. The van der Waals surface area contributed by atoms with Gasteiger partial charge in [0.05, 0.1) is 11.8 Å². The molecule has 0 saturated carbocycles. The number of hydrogen-bond acceptors (Lipinski definition) is 6. The Balaban J connectivity index is 1.22. The third-order valence-electron chi connectivity index (χ3n) is 9.82. The van der Waals surface area contributed by atoms with E-state index in [-0.39, 0.29) is 11.8 Å². The molecule has 0 saturated heterocycles. The van der Waals surface area contributed by atoms with Gasteiger partial charge in [0.15, 0.2) is 0 Å². The van der Waals surface area contributed by atoms with Crippen molar-refractivity contribution in [3.63, 3.8) is 0 Å². The van der Waals surface area contributed by atoms with Crippen LogP contribution in [0.1, 0.15) is 105 Å². The van der Waals surface area contributed by atoms with Gasteiger partial charge in [0.25, 0.3) is 0 Å². The number of para-hydroxylation sites is 2. The fraction of sp³-hybridized carbons (Fsp3) is 0.405. The van der Waals surface area contributed by atoms with Crippen molar-refractivity contribution in [3.05, 3.63) is 82.9 Å². The molecule has 4 unspecified atom stereocenters. The molecule has 0 fully saturated rings. The lowest BCUT2D eigenvalue weighted by molar-refractivity contribution is -0.136. The van der Waals surface area contributed by atoms with E-state index in [2.05, 4.69) is 13.8 Å². The van der Waals surface area contributed by atoms with Crippen molar-refractivity contribution in [2.24, 2.45) is 0 Å². The molecule has 4 heterocycles. The van der Waals surface area contributed by atoms with Gasteiger partial charge in [0, 0.05) is 35.6 Å². The number of benzene rings is 3. The number of esters is 2. The molecule has 0 radical (unpaired) electrons. The third kappa shape index (κ3) is 4.73.